The van der Waals surface area contributed by atoms with E-state index in [0.717, 1.165) is 22.3 Å². The smallest absolute Gasteiger partial charge is 0.379 e. The van der Waals surface area contributed by atoms with E-state index in [-0.39, 0.29) is 45.7 Å². The summed E-state index contributed by atoms with van der Waals surface area (Å²) in [6.45, 7) is 9.04. The van der Waals surface area contributed by atoms with Gasteiger partial charge in [-0.15, -0.1) is 0 Å². The van der Waals surface area contributed by atoms with Gasteiger partial charge < -0.3 is 23.0 Å². The van der Waals surface area contributed by atoms with Crippen LogP contribution in [0.5, 0.6) is 0 Å². The van der Waals surface area contributed by atoms with E-state index >= 15 is 0 Å². The van der Waals surface area contributed by atoms with E-state index in [1.54, 1.807) is 0 Å². The molecule has 1 atom stereocenters. The molecule has 0 bridgehead atoms. The van der Waals surface area contributed by atoms with Gasteiger partial charge >= 0.3 is 16.4 Å². The third-order valence-corrected chi connectivity index (χ3v) is 9.77. The van der Waals surface area contributed by atoms with Gasteiger partial charge in [0.1, 0.15) is 6.10 Å². The summed E-state index contributed by atoms with van der Waals surface area (Å²) in [5.41, 5.74) is 3.02. The molecule has 0 aliphatic rings. The summed E-state index contributed by atoms with van der Waals surface area (Å²) in [6.07, 6.45) is -0.127. The van der Waals surface area contributed by atoms with Crippen molar-refractivity contribution in [2.75, 3.05) is 19.8 Å². The van der Waals surface area contributed by atoms with Gasteiger partial charge in [0.2, 0.25) is 0 Å². The minimum atomic E-state index is -4.17. The van der Waals surface area contributed by atoms with E-state index in [1.807, 2.05) is 149 Å². The molecule has 0 saturated carbocycles. The average Bonchev–Trinajstić information content (AvgIpc) is 3.13. The number of rotatable bonds is 24. The van der Waals surface area contributed by atoms with E-state index in [2.05, 4.69) is 0 Å². The zero-order valence-electron chi connectivity index (χ0n) is 29.4. The molecule has 11 heteroatoms. The zero-order valence-corrected chi connectivity index (χ0v) is 31.2. The number of phosphoric acid groups is 1. The van der Waals surface area contributed by atoms with Crippen LogP contribution in [0.25, 0.3) is 0 Å². The molecule has 0 N–H and O–H groups in total. The van der Waals surface area contributed by atoms with Crippen LogP contribution in [-0.2, 0) is 67.6 Å². The second kappa shape index (κ2) is 21.6. The second-order valence-corrected chi connectivity index (χ2v) is 15.3. The van der Waals surface area contributed by atoms with Crippen molar-refractivity contribution < 1.29 is 41.2 Å². The number of hydrogen-bond donors (Lipinski definition) is 0. The molecule has 270 valence electrons. The van der Waals surface area contributed by atoms with Gasteiger partial charge in [-0.25, -0.2) is 4.57 Å². The van der Waals surface area contributed by atoms with Crippen LogP contribution in [0.1, 0.15) is 56.4 Å². The first-order valence-electron chi connectivity index (χ1n) is 16.9. The van der Waals surface area contributed by atoms with E-state index in [9.17, 15) is 4.57 Å². The van der Waals surface area contributed by atoms with E-state index in [1.165, 1.54) is 0 Å². The molecule has 0 heterocycles. The highest BCUT2D eigenvalue weighted by Crippen LogP contribution is 2.53. The molecule has 4 rings (SSSR count). The lowest BCUT2D eigenvalue weighted by Gasteiger charge is -2.30. The van der Waals surface area contributed by atoms with Crippen molar-refractivity contribution >= 4 is 16.4 Å². The van der Waals surface area contributed by atoms with Gasteiger partial charge in [-0.1, -0.05) is 121 Å². The molecule has 0 saturated heterocycles. The number of ether oxygens (including phenoxy) is 2. The lowest BCUT2D eigenvalue weighted by molar-refractivity contribution is -0.0861. The molecular formula is C39H50O9P2. The SMILES string of the molecule is CC(C)OCCC(C)(C)OCC(COP(OCc1ccccc1)OCc1ccccc1)OP(=O)(OCc1ccccc1)OCc1ccccc1. The van der Waals surface area contributed by atoms with Crippen LogP contribution < -0.4 is 0 Å². The van der Waals surface area contributed by atoms with E-state index in [4.69, 9.17) is 36.6 Å². The van der Waals surface area contributed by atoms with Crippen molar-refractivity contribution in [3.05, 3.63) is 144 Å². The summed E-state index contributed by atoms with van der Waals surface area (Å²) >= 11 is 0. The molecule has 0 aromatic heterocycles. The Balaban J connectivity index is 1.51. The van der Waals surface area contributed by atoms with Crippen LogP contribution in [0.4, 0.5) is 0 Å². The Hall–Kier alpha value is -2.78. The summed E-state index contributed by atoms with van der Waals surface area (Å²) in [5, 5.41) is 0. The highest BCUT2D eigenvalue weighted by molar-refractivity contribution is 7.48. The maximum absolute atomic E-state index is 14.4. The first-order chi connectivity index (χ1) is 24.2. The van der Waals surface area contributed by atoms with Crippen LogP contribution in [-0.4, -0.2) is 37.6 Å². The molecule has 1 unspecified atom stereocenters. The molecule has 0 aliphatic carbocycles. The van der Waals surface area contributed by atoms with Gasteiger partial charge in [0.25, 0.3) is 0 Å². The fraction of sp³-hybridized carbons (Fsp3) is 0.385. The monoisotopic (exact) mass is 724 g/mol. The lowest BCUT2D eigenvalue weighted by atomic mass is 10.1. The third kappa shape index (κ3) is 16.1. The van der Waals surface area contributed by atoms with Crippen molar-refractivity contribution in [1.82, 2.24) is 0 Å². The van der Waals surface area contributed by atoms with Crippen molar-refractivity contribution in [1.29, 1.82) is 0 Å². The Bertz CT molecular complexity index is 1420. The highest BCUT2D eigenvalue weighted by atomic mass is 31.2. The Morgan fingerprint density at radius 1 is 0.600 bits per heavy atom. The van der Waals surface area contributed by atoms with Gasteiger partial charge in [-0.05, 0) is 56.4 Å². The average molecular weight is 725 g/mol. The fourth-order valence-electron chi connectivity index (χ4n) is 4.44. The van der Waals surface area contributed by atoms with Gasteiger partial charge in [-0.3, -0.25) is 13.6 Å². The molecule has 0 spiro atoms. The van der Waals surface area contributed by atoms with Crippen LogP contribution in [0.15, 0.2) is 121 Å². The van der Waals surface area contributed by atoms with Gasteiger partial charge in [0.15, 0.2) is 0 Å². The molecule has 0 radical (unpaired) electrons. The Morgan fingerprint density at radius 3 is 1.44 bits per heavy atom. The Kier molecular flexibility index (Phi) is 17.2. The van der Waals surface area contributed by atoms with Crippen LogP contribution >= 0.6 is 16.4 Å². The largest absolute Gasteiger partial charge is 0.475 e. The predicted octanol–water partition coefficient (Wildman–Crippen LogP) is 10.2. The topological polar surface area (TPSA) is 90.9 Å². The van der Waals surface area contributed by atoms with Crippen molar-refractivity contribution in [3.8, 4) is 0 Å². The molecular weight excluding hydrogens is 674 g/mol. The Morgan fingerprint density at radius 2 is 1.02 bits per heavy atom. The van der Waals surface area contributed by atoms with Crippen molar-refractivity contribution in [2.24, 2.45) is 0 Å². The summed E-state index contributed by atoms with van der Waals surface area (Å²) in [5.74, 6) is 0. The van der Waals surface area contributed by atoms with Gasteiger partial charge in [-0.2, -0.15) is 0 Å². The first kappa shape index (κ1) is 40.0. The van der Waals surface area contributed by atoms with E-state index < -0.39 is 28.1 Å². The molecule has 0 fully saturated rings. The van der Waals surface area contributed by atoms with Crippen LogP contribution in [0.3, 0.4) is 0 Å². The standard InChI is InChI=1S/C39H50O9P2/c1-33(2)41-26-25-39(3,4)42-31-38(32-45-49(43-27-34-17-9-5-10-18-34)44-28-35-19-11-6-12-20-35)48-50(40,46-29-36-21-13-7-14-22-36)47-30-37-23-15-8-16-24-37/h5-24,33,38H,25-32H2,1-4H3. The van der Waals surface area contributed by atoms with Crippen molar-refractivity contribution in [2.45, 2.75) is 78.4 Å². The van der Waals surface area contributed by atoms with Crippen molar-refractivity contribution in [3.63, 3.8) is 0 Å². The molecule has 4 aromatic rings. The summed E-state index contributed by atoms with van der Waals surface area (Å²) in [4.78, 5) is 0. The van der Waals surface area contributed by atoms with Gasteiger partial charge in [0.05, 0.1) is 51.3 Å². The molecule has 0 amide bonds. The maximum Gasteiger partial charge on any atom is 0.475 e. The molecule has 50 heavy (non-hydrogen) atoms. The lowest BCUT2D eigenvalue weighted by Crippen LogP contribution is -2.34. The number of benzene rings is 4. The highest BCUT2D eigenvalue weighted by Gasteiger charge is 2.34. The third-order valence-electron chi connectivity index (χ3n) is 7.28. The van der Waals surface area contributed by atoms with E-state index in [0.29, 0.717) is 13.0 Å². The van der Waals surface area contributed by atoms with Crippen LogP contribution in [0.2, 0.25) is 0 Å². The minimum absolute atomic E-state index is 0.0203. The number of hydrogen-bond acceptors (Lipinski definition) is 9. The number of phosphoric ester groups is 1. The Labute approximate surface area is 298 Å². The zero-order chi connectivity index (χ0) is 35.5. The predicted molar refractivity (Wildman–Crippen MR) is 196 cm³/mol. The fourth-order valence-corrected chi connectivity index (χ4v) is 6.75. The molecule has 4 aromatic carbocycles. The summed E-state index contributed by atoms with van der Waals surface area (Å²) in [7, 11) is -6.02. The van der Waals surface area contributed by atoms with Gasteiger partial charge in [0, 0.05) is 6.61 Å². The maximum atomic E-state index is 14.4. The summed E-state index contributed by atoms with van der Waals surface area (Å²) < 4.78 is 63.1. The normalized spacial score (nSPS) is 12.8. The minimum Gasteiger partial charge on any atom is -0.379 e. The molecule has 9 nitrogen and oxygen atoms in total. The second-order valence-electron chi connectivity index (χ2n) is 12.5. The first-order valence-corrected chi connectivity index (χ1v) is 19.4. The summed E-state index contributed by atoms with van der Waals surface area (Å²) in [6, 6.07) is 38.5. The van der Waals surface area contributed by atoms with Crippen LogP contribution in [0, 0.1) is 0 Å². The quantitative estimate of drug-likeness (QED) is 0.0655. The molecule has 0 aliphatic heterocycles.